The molecule has 0 bridgehead atoms. The van der Waals surface area contributed by atoms with Gasteiger partial charge in [0.25, 0.3) is 5.91 Å². The van der Waals surface area contributed by atoms with E-state index in [1.54, 1.807) is 6.07 Å². The van der Waals surface area contributed by atoms with Gasteiger partial charge in [-0.25, -0.2) is 4.98 Å². The molecule has 1 aromatic rings. The predicted octanol–water partition coefficient (Wildman–Crippen LogP) is 3.42. The molecule has 0 N–H and O–H groups in total. The van der Waals surface area contributed by atoms with Gasteiger partial charge in [-0.3, -0.25) is 4.79 Å². The maximum absolute atomic E-state index is 12.5. The molecule has 2 rings (SSSR count). The van der Waals surface area contributed by atoms with Gasteiger partial charge in [0.2, 0.25) is 0 Å². The lowest BCUT2D eigenvalue weighted by atomic mass is 10.0. The third-order valence-corrected chi connectivity index (χ3v) is 4.07. The van der Waals surface area contributed by atoms with Gasteiger partial charge in [-0.1, -0.05) is 38.8 Å². The summed E-state index contributed by atoms with van der Waals surface area (Å²) < 4.78 is 0. The lowest BCUT2D eigenvalue weighted by Crippen LogP contribution is -2.29. The minimum Gasteiger partial charge on any atom is -0.338 e. The highest BCUT2D eigenvalue weighted by Crippen LogP contribution is 2.24. The van der Waals surface area contributed by atoms with E-state index < -0.39 is 0 Å². The Morgan fingerprint density at radius 2 is 2.00 bits per heavy atom. The highest BCUT2D eigenvalue weighted by molar-refractivity contribution is 6.29. The molecule has 2 atom stereocenters. The van der Waals surface area contributed by atoms with Gasteiger partial charge in [0, 0.05) is 24.3 Å². The first-order chi connectivity index (χ1) is 9.01. The molecule has 1 fully saturated rings. The molecule has 1 aromatic heterocycles. The minimum atomic E-state index is 0.0813. The molecule has 1 aliphatic heterocycles. The summed E-state index contributed by atoms with van der Waals surface area (Å²) >= 11 is 6.01. The van der Waals surface area contributed by atoms with Crippen LogP contribution in [0.2, 0.25) is 5.15 Å². The number of aromatic nitrogens is 1. The van der Waals surface area contributed by atoms with Crippen LogP contribution >= 0.6 is 11.6 Å². The van der Waals surface area contributed by atoms with Crippen molar-refractivity contribution >= 4 is 17.5 Å². The maximum atomic E-state index is 12.5. The number of hydrogen-bond donors (Lipinski definition) is 0. The molecule has 4 heteroatoms. The number of carbonyl (C=O) groups excluding carboxylic acids is 1. The summed E-state index contributed by atoms with van der Waals surface area (Å²) in [6.45, 7) is 8.15. The first kappa shape index (κ1) is 14.3. The summed E-state index contributed by atoms with van der Waals surface area (Å²) in [5.74, 6) is 1.21. The first-order valence-electron chi connectivity index (χ1n) is 6.97. The Kier molecular flexibility index (Phi) is 4.46. The second-order valence-electron chi connectivity index (χ2n) is 5.58. The summed E-state index contributed by atoms with van der Waals surface area (Å²) in [5.41, 5.74) is 1.57. The maximum Gasteiger partial charge on any atom is 0.254 e. The van der Waals surface area contributed by atoms with E-state index in [0.717, 1.165) is 31.6 Å². The Labute approximate surface area is 120 Å². The summed E-state index contributed by atoms with van der Waals surface area (Å²) in [5, 5.41) is 0.412. The van der Waals surface area contributed by atoms with Crippen molar-refractivity contribution in [3.63, 3.8) is 0 Å². The molecule has 0 aromatic carbocycles. The number of likely N-dealkylation sites (tertiary alicyclic amines) is 1. The van der Waals surface area contributed by atoms with E-state index in [1.165, 1.54) is 0 Å². The summed E-state index contributed by atoms with van der Waals surface area (Å²) in [4.78, 5) is 18.7. The molecule has 0 radical (unpaired) electrons. The van der Waals surface area contributed by atoms with Gasteiger partial charge in [0.1, 0.15) is 5.15 Å². The van der Waals surface area contributed by atoms with E-state index in [1.807, 2.05) is 11.0 Å². The number of hydrogen-bond acceptors (Lipinski definition) is 2. The lowest BCUT2D eigenvalue weighted by Gasteiger charge is -2.16. The van der Waals surface area contributed by atoms with E-state index in [4.69, 9.17) is 11.6 Å². The highest BCUT2D eigenvalue weighted by atomic mass is 35.5. The van der Waals surface area contributed by atoms with Crippen LogP contribution < -0.4 is 0 Å². The van der Waals surface area contributed by atoms with Crippen LogP contribution in [-0.2, 0) is 6.42 Å². The van der Waals surface area contributed by atoms with Gasteiger partial charge < -0.3 is 4.90 Å². The topological polar surface area (TPSA) is 33.2 Å². The Morgan fingerprint density at radius 3 is 2.58 bits per heavy atom. The molecule has 0 aliphatic carbocycles. The molecule has 104 valence electrons. The lowest BCUT2D eigenvalue weighted by molar-refractivity contribution is 0.0784. The molecular formula is C15H21ClN2O. The Bertz CT molecular complexity index is 465. The van der Waals surface area contributed by atoms with E-state index in [9.17, 15) is 4.79 Å². The van der Waals surface area contributed by atoms with Crippen LogP contribution in [0.1, 0.15) is 43.2 Å². The quantitative estimate of drug-likeness (QED) is 0.795. The Balaban J connectivity index is 2.19. The van der Waals surface area contributed by atoms with Crippen molar-refractivity contribution in [1.29, 1.82) is 0 Å². The fourth-order valence-electron chi connectivity index (χ4n) is 2.54. The van der Waals surface area contributed by atoms with E-state index >= 15 is 0 Å². The Morgan fingerprint density at radius 1 is 1.37 bits per heavy atom. The van der Waals surface area contributed by atoms with Gasteiger partial charge in [0.05, 0.1) is 0 Å². The number of amides is 1. The van der Waals surface area contributed by atoms with Gasteiger partial charge in [-0.05, 0) is 30.4 Å². The van der Waals surface area contributed by atoms with Crippen LogP contribution in [0.4, 0.5) is 0 Å². The van der Waals surface area contributed by atoms with Crippen molar-refractivity contribution in [2.45, 2.75) is 33.6 Å². The van der Waals surface area contributed by atoms with Crippen molar-refractivity contribution in [2.24, 2.45) is 11.8 Å². The summed E-state index contributed by atoms with van der Waals surface area (Å²) in [6.07, 6.45) is 1.85. The van der Waals surface area contributed by atoms with Gasteiger partial charge >= 0.3 is 0 Å². The minimum absolute atomic E-state index is 0.0813. The molecule has 2 unspecified atom stereocenters. The number of nitrogens with zero attached hydrogens (tertiary/aromatic N) is 2. The SMILES string of the molecule is CCCc1cc(C(=O)N2CC(C)C(C)C2)cc(Cl)n1. The second-order valence-corrected chi connectivity index (χ2v) is 5.97. The van der Waals surface area contributed by atoms with E-state index in [-0.39, 0.29) is 5.91 Å². The van der Waals surface area contributed by atoms with E-state index in [2.05, 4.69) is 25.8 Å². The molecule has 19 heavy (non-hydrogen) atoms. The summed E-state index contributed by atoms with van der Waals surface area (Å²) in [6, 6.07) is 3.56. The number of halogens is 1. The third kappa shape index (κ3) is 3.27. The smallest absolute Gasteiger partial charge is 0.254 e. The highest BCUT2D eigenvalue weighted by Gasteiger charge is 2.30. The molecule has 2 heterocycles. The van der Waals surface area contributed by atoms with Crippen molar-refractivity contribution in [1.82, 2.24) is 9.88 Å². The normalized spacial score (nSPS) is 22.8. The largest absolute Gasteiger partial charge is 0.338 e. The second kappa shape index (κ2) is 5.91. The zero-order valence-corrected chi connectivity index (χ0v) is 12.6. The fraction of sp³-hybridized carbons (Fsp3) is 0.600. The monoisotopic (exact) mass is 280 g/mol. The van der Waals surface area contributed by atoms with Crippen molar-refractivity contribution in [3.8, 4) is 0 Å². The van der Waals surface area contributed by atoms with Crippen molar-refractivity contribution < 1.29 is 4.79 Å². The van der Waals surface area contributed by atoms with E-state index in [0.29, 0.717) is 22.6 Å². The fourth-order valence-corrected chi connectivity index (χ4v) is 2.76. The van der Waals surface area contributed by atoms with Crippen LogP contribution in [0.25, 0.3) is 0 Å². The van der Waals surface area contributed by atoms with Crippen molar-refractivity contribution in [3.05, 3.63) is 28.5 Å². The van der Waals surface area contributed by atoms with Crippen molar-refractivity contribution in [2.75, 3.05) is 13.1 Å². The van der Waals surface area contributed by atoms with Gasteiger partial charge in [0.15, 0.2) is 0 Å². The predicted molar refractivity (Wildman–Crippen MR) is 77.5 cm³/mol. The number of pyridine rings is 1. The molecular weight excluding hydrogens is 260 g/mol. The standard InChI is InChI=1S/C15H21ClN2O/c1-4-5-13-6-12(7-14(16)17-13)15(19)18-8-10(2)11(3)9-18/h6-7,10-11H,4-5,8-9H2,1-3H3. The molecule has 1 saturated heterocycles. The van der Waals surface area contributed by atoms with Crippen LogP contribution in [0.5, 0.6) is 0 Å². The molecule has 1 amide bonds. The van der Waals surface area contributed by atoms with Crippen LogP contribution in [-0.4, -0.2) is 28.9 Å². The van der Waals surface area contributed by atoms with Crippen LogP contribution in [0, 0.1) is 11.8 Å². The zero-order chi connectivity index (χ0) is 14.0. The van der Waals surface area contributed by atoms with Gasteiger partial charge in [-0.2, -0.15) is 0 Å². The van der Waals surface area contributed by atoms with Gasteiger partial charge in [-0.15, -0.1) is 0 Å². The van der Waals surface area contributed by atoms with Crippen LogP contribution in [0.15, 0.2) is 12.1 Å². The number of rotatable bonds is 3. The average Bonchev–Trinajstić information content (AvgIpc) is 2.68. The third-order valence-electron chi connectivity index (χ3n) is 3.88. The molecule has 1 aliphatic rings. The molecule has 0 saturated carbocycles. The molecule has 3 nitrogen and oxygen atoms in total. The molecule has 0 spiro atoms. The first-order valence-corrected chi connectivity index (χ1v) is 7.34. The number of aryl methyl sites for hydroxylation is 1. The Hall–Kier alpha value is -1.09. The average molecular weight is 281 g/mol. The summed E-state index contributed by atoms with van der Waals surface area (Å²) in [7, 11) is 0. The van der Waals surface area contributed by atoms with Crippen LogP contribution in [0.3, 0.4) is 0 Å². The zero-order valence-electron chi connectivity index (χ0n) is 11.8. The number of carbonyl (C=O) groups is 1.